The van der Waals surface area contributed by atoms with Crippen LogP contribution in [0, 0.1) is 6.92 Å². The zero-order chi connectivity index (χ0) is 20.3. The fourth-order valence-corrected chi connectivity index (χ4v) is 3.82. The van der Waals surface area contributed by atoms with Crippen LogP contribution < -0.4 is 10.1 Å². The second-order valence-electron chi connectivity index (χ2n) is 6.15. The number of aliphatic carboxylic acids is 2. The van der Waals surface area contributed by atoms with Gasteiger partial charge in [-0.15, -0.1) is 11.3 Å². The van der Waals surface area contributed by atoms with Crippen molar-refractivity contribution in [3.63, 3.8) is 0 Å². The molecule has 2 aromatic heterocycles. The van der Waals surface area contributed by atoms with E-state index in [1.54, 1.807) is 14.0 Å². The molecule has 0 radical (unpaired) electrons. The molecule has 0 fully saturated rings. The van der Waals surface area contributed by atoms with Crippen LogP contribution in [0.2, 0.25) is 0 Å². The van der Waals surface area contributed by atoms with Gasteiger partial charge in [0.1, 0.15) is 28.3 Å². The monoisotopic (exact) mass is 401 g/mol. The van der Waals surface area contributed by atoms with Crippen molar-refractivity contribution in [2.75, 3.05) is 12.4 Å². The molecule has 3 rings (SSSR count). The van der Waals surface area contributed by atoms with Gasteiger partial charge in [-0.1, -0.05) is 12.1 Å². The third-order valence-electron chi connectivity index (χ3n) is 4.20. The Labute approximate surface area is 164 Å². The molecule has 0 aliphatic rings. The van der Waals surface area contributed by atoms with Crippen molar-refractivity contribution in [1.29, 1.82) is 0 Å². The highest BCUT2D eigenvalue weighted by molar-refractivity contribution is 7.17. The Morgan fingerprint density at radius 3 is 2.54 bits per heavy atom. The van der Waals surface area contributed by atoms with E-state index in [2.05, 4.69) is 15.3 Å². The van der Waals surface area contributed by atoms with E-state index in [-0.39, 0.29) is 12.8 Å². The lowest BCUT2D eigenvalue weighted by atomic mass is 10.1. The second-order valence-corrected chi connectivity index (χ2v) is 7.00. The van der Waals surface area contributed by atoms with Crippen LogP contribution in [0.1, 0.15) is 18.7 Å². The maximum Gasteiger partial charge on any atom is 0.326 e. The number of nitrogens with one attached hydrogen (secondary N) is 1. The summed E-state index contributed by atoms with van der Waals surface area (Å²) in [7, 11) is 1.59. The molecule has 3 aromatic rings. The first-order valence-corrected chi connectivity index (χ1v) is 9.38. The van der Waals surface area contributed by atoms with Crippen molar-refractivity contribution in [2.24, 2.45) is 0 Å². The molecule has 146 valence electrons. The molecule has 8 nitrogen and oxygen atoms in total. The molecule has 1 aromatic carbocycles. The van der Waals surface area contributed by atoms with E-state index in [9.17, 15) is 14.7 Å². The fraction of sp³-hybridized carbons (Fsp3) is 0.263. The van der Waals surface area contributed by atoms with Gasteiger partial charge in [-0.3, -0.25) is 4.79 Å². The number of aromatic nitrogens is 2. The highest BCUT2D eigenvalue weighted by Crippen LogP contribution is 2.37. The van der Waals surface area contributed by atoms with Gasteiger partial charge in [0, 0.05) is 17.4 Å². The number of aryl methyl sites for hydroxylation is 1. The molecule has 0 bridgehead atoms. The molecule has 9 heteroatoms. The lowest BCUT2D eigenvalue weighted by molar-refractivity contribution is -0.139. The van der Waals surface area contributed by atoms with E-state index in [0.29, 0.717) is 17.0 Å². The number of hydrogen-bond acceptors (Lipinski definition) is 7. The SMILES string of the molecule is COc1ccc(-c2csc3nc(C)nc(NC(CCC(=O)O)C(=O)O)c23)cc1. The van der Waals surface area contributed by atoms with E-state index in [4.69, 9.17) is 9.84 Å². The van der Waals surface area contributed by atoms with E-state index in [0.717, 1.165) is 21.7 Å². The zero-order valence-corrected chi connectivity index (χ0v) is 16.1. The largest absolute Gasteiger partial charge is 0.497 e. The van der Waals surface area contributed by atoms with E-state index >= 15 is 0 Å². The molecular weight excluding hydrogens is 382 g/mol. The molecule has 2 heterocycles. The van der Waals surface area contributed by atoms with Gasteiger partial charge in [-0.25, -0.2) is 14.8 Å². The van der Waals surface area contributed by atoms with Crippen molar-refractivity contribution in [3.8, 4) is 16.9 Å². The van der Waals surface area contributed by atoms with Crippen LogP contribution >= 0.6 is 11.3 Å². The number of carboxylic acid groups (broad SMARTS) is 2. The molecule has 28 heavy (non-hydrogen) atoms. The summed E-state index contributed by atoms with van der Waals surface area (Å²) in [4.78, 5) is 32.0. The number of carboxylic acids is 2. The van der Waals surface area contributed by atoms with Crippen LogP contribution in [0.25, 0.3) is 21.3 Å². The van der Waals surface area contributed by atoms with Crippen LogP contribution in [-0.2, 0) is 9.59 Å². The highest BCUT2D eigenvalue weighted by atomic mass is 32.1. The molecular formula is C19H19N3O5S. The Hall–Kier alpha value is -3.20. The topological polar surface area (TPSA) is 122 Å². The van der Waals surface area contributed by atoms with Gasteiger partial charge in [-0.05, 0) is 31.0 Å². The normalized spacial score (nSPS) is 11.9. The van der Waals surface area contributed by atoms with E-state index in [1.807, 2.05) is 29.6 Å². The lowest BCUT2D eigenvalue weighted by Gasteiger charge is -2.16. The number of anilines is 1. The number of ether oxygens (including phenoxy) is 1. The van der Waals surface area contributed by atoms with Gasteiger partial charge in [-0.2, -0.15) is 0 Å². The molecule has 0 aliphatic heterocycles. The molecule has 3 N–H and O–H groups in total. The highest BCUT2D eigenvalue weighted by Gasteiger charge is 2.22. The molecule has 0 aliphatic carbocycles. The smallest absolute Gasteiger partial charge is 0.326 e. The van der Waals surface area contributed by atoms with Crippen LogP contribution in [0.5, 0.6) is 5.75 Å². The fourth-order valence-electron chi connectivity index (χ4n) is 2.83. The van der Waals surface area contributed by atoms with Crippen molar-refractivity contribution in [2.45, 2.75) is 25.8 Å². The van der Waals surface area contributed by atoms with Crippen molar-refractivity contribution in [1.82, 2.24) is 9.97 Å². The molecule has 1 unspecified atom stereocenters. The zero-order valence-electron chi connectivity index (χ0n) is 15.3. The van der Waals surface area contributed by atoms with E-state index < -0.39 is 18.0 Å². The average Bonchev–Trinajstić information content (AvgIpc) is 3.08. The lowest BCUT2D eigenvalue weighted by Crippen LogP contribution is -2.30. The third kappa shape index (κ3) is 4.20. The Bertz CT molecular complexity index is 1020. The number of rotatable bonds is 8. The van der Waals surface area contributed by atoms with Gasteiger partial charge in [0.05, 0.1) is 12.5 Å². The number of thiophene rings is 1. The molecule has 0 saturated carbocycles. The predicted octanol–water partition coefficient (Wildman–Crippen LogP) is 3.41. The van der Waals surface area contributed by atoms with Crippen LogP contribution in [0.4, 0.5) is 5.82 Å². The van der Waals surface area contributed by atoms with Gasteiger partial charge in [0.25, 0.3) is 0 Å². The Balaban J connectivity index is 2.04. The minimum absolute atomic E-state index is 0.0583. The maximum atomic E-state index is 11.6. The van der Waals surface area contributed by atoms with Crippen LogP contribution in [0.15, 0.2) is 29.6 Å². The van der Waals surface area contributed by atoms with Gasteiger partial charge < -0.3 is 20.3 Å². The summed E-state index contributed by atoms with van der Waals surface area (Å²) in [5, 5.41) is 23.9. The summed E-state index contributed by atoms with van der Waals surface area (Å²) in [5.74, 6) is -0.570. The Morgan fingerprint density at radius 2 is 1.93 bits per heavy atom. The molecule has 0 saturated heterocycles. The number of hydrogen-bond donors (Lipinski definition) is 3. The summed E-state index contributed by atoms with van der Waals surface area (Å²) >= 11 is 1.44. The Kier molecular flexibility index (Phi) is 5.74. The first-order chi connectivity index (χ1) is 13.4. The maximum absolute atomic E-state index is 11.6. The number of methoxy groups -OCH3 is 1. The van der Waals surface area contributed by atoms with Gasteiger partial charge >= 0.3 is 11.9 Å². The van der Waals surface area contributed by atoms with E-state index in [1.165, 1.54) is 11.3 Å². The average molecular weight is 401 g/mol. The minimum atomic E-state index is -1.13. The summed E-state index contributed by atoms with van der Waals surface area (Å²) in [6.07, 6.45) is -0.316. The number of nitrogens with zero attached hydrogens (tertiary/aromatic N) is 2. The summed E-state index contributed by atoms with van der Waals surface area (Å²) < 4.78 is 5.19. The van der Waals surface area contributed by atoms with Crippen LogP contribution in [0.3, 0.4) is 0 Å². The Morgan fingerprint density at radius 1 is 1.21 bits per heavy atom. The summed E-state index contributed by atoms with van der Waals surface area (Å²) in [5.41, 5.74) is 1.78. The first kappa shape index (κ1) is 19.6. The number of carbonyl (C=O) groups is 2. The van der Waals surface area contributed by atoms with Crippen molar-refractivity contribution >= 4 is 39.3 Å². The number of benzene rings is 1. The first-order valence-electron chi connectivity index (χ1n) is 8.50. The van der Waals surface area contributed by atoms with Gasteiger partial charge in [0.15, 0.2) is 0 Å². The minimum Gasteiger partial charge on any atom is -0.497 e. The molecule has 1 atom stereocenters. The van der Waals surface area contributed by atoms with Crippen LogP contribution in [-0.4, -0.2) is 45.3 Å². The van der Waals surface area contributed by atoms with Crippen molar-refractivity contribution in [3.05, 3.63) is 35.5 Å². The molecule has 0 spiro atoms. The number of fused-ring (bicyclic) bond motifs is 1. The molecule has 0 amide bonds. The summed E-state index contributed by atoms with van der Waals surface area (Å²) in [6, 6.07) is 6.42. The third-order valence-corrected chi connectivity index (χ3v) is 5.07. The van der Waals surface area contributed by atoms with Crippen molar-refractivity contribution < 1.29 is 24.5 Å². The second kappa shape index (κ2) is 8.22. The predicted molar refractivity (Wildman–Crippen MR) is 106 cm³/mol. The standard InChI is InChI=1S/C19H19N3O5S/c1-10-20-17(22-14(19(25)26)7-8-15(23)24)16-13(9-28-18(16)21-10)11-3-5-12(27-2)6-4-11/h3-6,9,14H,7-8H2,1-2H3,(H,23,24)(H,25,26)(H,20,21,22). The summed E-state index contributed by atoms with van der Waals surface area (Å²) in [6.45, 7) is 1.73. The quantitative estimate of drug-likeness (QED) is 0.525. The van der Waals surface area contributed by atoms with Gasteiger partial charge in [0.2, 0.25) is 0 Å².